The zero-order valence-electron chi connectivity index (χ0n) is 13.3. The lowest BCUT2D eigenvalue weighted by molar-refractivity contribution is -0.123. The number of carbonyl (C=O) groups is 2. The SMILES string of the molecule is O=C1CN(C(=O)N[C@H](c2ccccc2)c2ccc(Br)cc2F)CCN1. The van der Waals surface area contributed by atoms with E-state index in [0.717, 1.165) is 5.56 Å². The topological polar surface area (TPSA) is 61.4 Å². The van der Waals surface area contributed by atoms with Crippen LogP contribution < -0.4 is 10.6 Å². The highest BCUT2D eigenvalue weighted by atomic mass is 79.9. The number of urea groups is 1. The lowest BCUT2D eigenvalue weighted by Gasteiger charge is -2.29. The Morgan fingerprint density at radius 3 is 2.68 bits per heavy atom. The summed E-state index contributed by atoms with van der Waals surface area (Å²) < 4.78 is 15.1. The van der Waals surface area contributed by atoms with Gasteiger partial charge in [-0.15, -0.1) is 0 Å². The van der Waals surface area contributed by atoms with Crippen LogP contribution in [0.15, 0.2) is 53.0 Å². The number of amides is 3. The molecule has 1 heterocycles. The van der Waals surface area contributed by atoms with Gasteiger partial charge in [-0.05, 0) is 17.7 Å². The summed E-state index contributed by atoms with van der Waals surface area (Å²) in [7, 11) is 0. The number of rotatable bonds is 3. The minimum absolute atomic E-state index is 0.00381. The average Bonchev–Trinajstić information content (AvgIpc) is 2.61. The van der Waals surface area contributed by atoms with Crippen molar-refractivity contribution in [3.63, 3.8) is 0 Å². The largest absolute Gasteiger partial charge is 0.353 e. The maximum atomic E-state index is 14.5. The molecule has 25 heavy (non-hydrogen) atoms. The molecule has 1 aliphatic rings. The summed E-state index contributed by atoms with van der Waals surface area (Å²) in [6, 6.07) is 12.9. The Morgan fingerprint density at radius 1 is 1.24 bits per heavy atom. The van der Waals surface area contributed by atoms with Crippen LogP contribution in [0.5, 0.6) is 0 Å². The quantitative estimate of drug-likeness (QED) is 0.824. The second kappa shape index (κ2) is 7.65. The summed E-state index contributed by atoms with van der Waals surface area (Å²) in [5.41, 5.74) is 1.13. The Morgan fingerprint density at radius 2 is 2.00 bits per heavy atom. The number of piperazine rings is 1. The number of nitrogens with zero attached hydrogens (tertiary/aromatic N) is 1. The molecule has 2 aromatic carbocycles. The summed E-state index contributed by atoms with van der Waals surface area (Å²) in [4.78, 5) is 25.5. The fourth-order valence-corrected chi connectivity index (χ4v) is 3.08. The first kappa shape index (κ1) is 17.4. The molecule has 130 valence electrons. The van der Waals surface area contributed by atoms with Gasteiger partial charge in [0.1, 0.15) is 12.4 Å². The molecular weight excluding hydrogens is 389 g/mol. The Bertz CT molecular complexity index is 785. The van der Waals surface area contributed by atoms with E-state index in [1.807, 2.05) is 30.3 Å². The van der Waals surface area contributed by atoms with Crippen LogP contribution in [-0.2, 0) is 4.79 Å². The normalized spacial score (nSPS) is 15.4. The third kappa shape index (κ3) is 4.17. The van der Waals surface area contributed by atoms with Crippen molar-refractivity contribution in [2.45, 2.75) is 6.04 Å². The molecule has 0 bridgehead atoms. The van der Waals surface area contributed by atoms with Crippen molar-refractivity contribution in [3.05, 3.63) is 69.9 Å². The second-order valence-corrected chi connectivity index (χ2v) is 6.65. The molecule has 2 aromatic rings. The summed E-state index contributed by atoms with van der Waals surface area (Å²) in [5, 5.41) is 5.52. The van der Waals surface area contributed by atoms with Crippen LogP contribution in [0.25, 0.3) is 0 Å². The zero-order chi connectivity index (χ0) is 17.8. The first-order valence-electron chi connectivity index (χ1n) is 7.86. The highest BCUT2D eigenvalue weighted by molar-refractivity contribution is 9.10. The Balaban J connectivity index is 1.89. The maximum absolute atomic E-state index is 14.5. The Kier molecular flexibility index (Phi) is 5.33. The molecule has 7 heteroatoms. The zero-order valence-corrected chi connectivity index (χ0v) is 14.9. The van der Waals surface area contributed by atoms with E-state index in [9.17, 15) is 14.0 Å². The van der Waals surface area contributed by atoms with Crippen molar-refractivity contribution in [2.75, 3.05) is 19.6 Å². The summed E-state index contributed by atoms with van der Waals surface area (Å²) in [5.74, 6) is -0.618. The fourth-order valence-electron chi connectivity index (χ4n) is 2.75. The highest BCUT2D eigenvalue weighted by Gasteiger charge is 2.26. The van der Waals surface area contributed by atoms with Gasteiger partial charge in [0, 0.05) is 23.1 Å². The molecule has 0 aliphatic carbocycles. The summed E-state index contributed by atoms with van der Waals surface area (Å²) in [6.45, 7) is 0.826. The highest BCUT2D eigenvalue weighted by Crippen LogP contribution is 2.27. The Hall–Kier alpha value is -2.41. The molecule has 0 unspecified atom stereocenters. The molecule has 1 atom stereocenters. The van der Waals surface area contributed by atoms with E-state index < -0.39 is 17.9 Å². The van der Waals surface area contributed by atoms with E-state index in [2.05, 4.69) is 26.6 Å². The number of hydrogen-bond acceptors (Lipinski definition) is 2. The van der Waals surface area contributed by atoms with Gasteiger partial charge in [-0.3, -0.25) is 4.79 Å². The van der Waals surface area contributed by atoms with E-state index in [1.165, 1.54) is 11.0 Å². The number of halogens is 2. The standard InChI is InChI=1S/C18H17BrFN3O2/c19-13-6-7-14(15(20)10-13)17(12-4-2-1-3-5-12)22-18(25)23-9-8-21-16(24)11-23/h1-7,10,17H,8-9,11H2,(H,21,24)(H,22,25)/t17-/m1/s1. The number of benzene rings is 2. The molecule has 1 aliphatic heterocycles. The number of carbonyl (C=O) groups excluding carboxylic acids is 2. The predicted octanol–water partition coefficient (Wildman–Crippen LogP) is 2.82. The molecule has 1 fully saturated rings. The molecule has 1 saturated heterocycles. The van der Waals surface area contributed by atoms with E-state index in [0.29, 0.717) is 23.1 Å². The average molecular weight is 406 g/mol. The molecule has 5 nitrogen and oxygen atoms in total. The molecular formula is C18H17BrFN3O2. The van der Waals surface area contributed by atoms with Crippen LogP contribution in [-0.4, -0.2) is 36.5 Å². The monoisotopic (exact) mass is 405 g/mol. The van der Waals surface area contributed by atoms with Gasteiger partial charge >= 0.3 is 6.03 Å². The van der Waals surface area contributed by atoms with Gasteiger partial charge in [-0.2, -0.15) is 0 Å². The molecule has 3 rings (SSSR count). The lowest BCUT2D eigenvalue weighted by Crippen LogP contribution is -2.53. The second-order valence-electron chi connectivity index (χ2n) is 5.73. The predicted molar refractivity (Wildman–Crippen MR) is 95.5 cm³/mol. The van der Waals surface area contributed by atoms with Crippen molar-refractivity contribution in [1.29, 1.82) is 0 Å². The van der Waals surface area contributed by atoms with E-state index in [-0.39, 0.29) is 12.5 Å². The van der Waals surface area contributed by atoms with Crippen LogP contribution in [0.2, 0.25) is 0 Å². The third-order valence-corrected chi connectivity index (χ3v) is 4.49. The summed E-state index contributed by atoms with van der Waals surface area (Å²) in [6.07, 6.45) is 0. The minimum Gasteiger partial charge on any atom is -0.353 e. The van der Waals surface area contributed by atoms with Crippen molar-refractivity contribution in [2.24, 2.45) is 0 Å². The van der Waals surface area contributed by atoms with E-state index >= 15 is 0 Å². The third-order valence-electron chi connectivity index (χ3n) is 4.00. The van der Waals surface area contributed by atoms with Gasteiger partial charge in [0.15, 0.2) is 0 Å². The first-order chi connectivity index (χ1) is 12.0. The molecule has 0 saturated carbocycles. The van der Waals surface area contributed by atoms with Gasteiger partial charge in [0.05, 0.1) is 6.04 Å². The van der Waals surface area contributed by atoms with Crippen LogP contribution in [0.1, 0.15) is 17.2 Å². The van der Waals surface area contributed by atoms with Gasteiger partial charge in [0.2, 0.25) is 5.91 Å². The van der Waals surface area contributed by atoms with E-state index in [1.54, 1.807) is 12.1 Å². The number of hydrogen-bond donors (Lipinski definition) is 2. The summed E-state index contributed by atoms with van der Waals surface area (Å²) >= 11 is 3.24. The molecule has 3 amide bonds. The minimum atomic E-state index is -0.646. The van der Waals surface area contributed by atoms with Crippen LogP contribution in [0.4, 0.5) is 9.18 Å². The number of nitrogens with one attached hydrogen (secondary N) is 2. The maximum Gasteiger partial charge on any atom is 0.318 e. The van der Waals surface area contributed by atoms with Gasteiger partial charge in [0.25, 0.3) is 0 Å². The fraction of sp³-hybridized carbons (Fsp3) is 0.222. The van der Waals surface area contributed by atoms with Crippen LogP contribution in [0, 0.1) is 5.82 Å². The van der Waals surface area contributed by atoms with E-state index in [4.69, 9.17) is 0 Å². The molecule has 2 N–H and O–H groups in total. The Labute approximate surface area is 153 Å². The molecule has 0 radical (unpaired) electrons. The van der Waals surface area contributed by atoms with Crippen molar-refractivity contribution in [1.82, 2.24) is 15.5 Å². The first-order valence-corrected chi connectivity index (χ1v) is 8.66. The van der Waals surface area contributed by atoms with Crippen molar-refractivity contribution < 1.29 is 14.0 Å². The molecule has 0 spiro atoms. The van der Waals surface area contributed by atoms with Crippen molar-refractivity contribution in [3.8, 4) is 0 Å². The van der Waals surface area contributed by atoms with Gasteiger partial charge < -0.3 is 15.5 Å². The van der Waals surface area contributed by atoms with Crippen molar-refractivity contribution >= 4 is 27.9 Å². The van der Waals surface area contributed by atoms with Crippen LogP contribution in [0.3, 0.4) is 0 Å². The van der Waals surface area contributed by atoms with Crippen LogP contribution >= 0.6 is 15.9 Å². The van der Waals surface area contributed by atoms with Gasteiger partial charge in [-0.25, -0.2) is 9.18 Å². The van der Waals surface area contributed by atoms with Gasteiger partial charge in [-0.1, -0.05) is 52.3 Å². The lowest BCUT2D eigenvalue weighted by atomic mass is 9.98. The smallest absolute Gasteiger partial charge is 0.318 e. The molecule has 0 aromatic heterocycles.